The van der Waals surface area contributed by atoms with Gasteiger partial charge in [-0.3, -0.25) is 0 Å². The number of halogens is 1. The maximum atomic E-state index is 14.6. The second-order valence-corrected chi connectivity index (χ2v) is 4.41. The number of aliphatic hydroxyl groups excluding tert-OH is 1. The van der Waals surface area contributed by atoms with Gasteiger partial charge in [-0.05, 0) is 18.1 Å². The van der Waals surface area contributed by atoms with Crippen LogP contribution < -0.4 is 0 Å². The zero-order chi connectivity index (χ0) is 12.3. The van der Waals surface area contributed by atoms with Gasteiger partial charge in [-0.2, -0.15) is 0 Å². The molecule has 0 aliphatic heterocycles. The first-order valence-electron chi connectivity index (χ1n) is 5.95. The number of allylic oxidation sites excluding steroid dienone is 3. The van der Waals surface area contributed by atoms with Crippen molar-refractivity contribution in [3.8, 4) is 0 Å². The van der Waals surface area contributed by atoms with E-state index in [2.05, 4.69) is 0 Å². The van der Waals surface area contributed by atoms with Crippen molar-refractivity contribution in [2.75, 3.05) is 0 Å². The van der Waals surface area contributed by atoms with Crippen LogP contribution in [0.25, 0.3) is 0 Å². The third-order valence-electron chi connectivity index (χ3n) is 3.38. The highest BCUT2D eigenvalue weighted by Gasteiger charge is 2.39. The Balaban J connectivity index is 2.28. The van der Waals surface area contributed by atoms with Gasteiger partial charge >= 0.3 is 0 Å². The Bertz CT molecular complexity index is 424. The predicted octanol–water partition coefficient (Wildman–Crippen LogP) is 3.58. The lowest BCUT2D eigenvalue weighted by molar-refractivity contribution is 0.0385. The molecule has 1 N–H and O–H groups in total. The predicted molar refractivity (Wildman–Crippen MR) is 67.3 cm³/mol. The van der Waals surface area contributed by atoms with E-state index >= 15 is 0 Å². The van der Waals surface area contributed by atoms with Crippen LogP contribution in [-0.2, 0) is 0 Å². The molecule has 1 nitrogen and oxygen atoms in total. The van der Waals surface area contributed by atoms with Gasteiger partial charge in [0, 0.05) is 5.92 Å². The zero-order valence-electron chi connectivity index (χ0n) is 9.88. The summed E-state index contributed by atoms with van der Waals surface area (Å²) >= 11 is 0. The number of hydrogen-bond acceptors (Lipinski definition) is 1. The van der Waals surface area contributed by atoms with Gasteiger partial charge in [0.15, 0.2) is 0 Å². The van der Waals surface area contributed by atoms with Gasteiger partial charge in [0.05, 0.1) is 6.10 Å². The molecule has 1 aromatic rings. The van der Waals surface area contributed by atoms with Crippen LogP contribution in [0.4, 0.5) is 4.39 Å². The first-order chi connectivity index (χ1) is 8.17. The molecule has 17 heavy (non-hydrogen) atoms. The first kappa shape index (κ1) is 12.1. The van der Waals surface area contributed by atoms with Crippen molar-refractivity contribution >= 4 is 0 Å². The van der Waals surface area contributed by atoms with E-state index in [-0.39, 0.29) is 0 Å². The van der Waals surface area contributed by atoms with Crippen LogP contribution in [0.2, 0.25) is 0 Å². The molecule has 2 heteroatoms. The van der Waals surface area contributed by atoms with Gasteiger partial charge in [0.2, 0.25) is 0 Å². The summed E-state index contributed by atoms with van der Waals surface area (Å²) in [5.41, 5.74) is -0.697. The molecule has 3 atom stereocenters. The number of alkyl halides is 1. The molecule has 1 aliphatic rings. The molecular formula is C15H17FO. The van der Waals surface area contributed by atoms with Gasteiger partial charge in [-0.1, -0.05) is 55.5 Å². The molecule has 0 aromatic heterocycles. The van der Waals surface area contributed by atoms with Gasteiger partial charge < -0.3 is 5.11 Å². The van der Waals surface area contributed by atoms with Gasteiger partial charge in [0.25, 0.3) is 0 Å². The van der Waals surface area contributed by atoms with E-state index < -0.39 is 17.7 Å². The SMILES string of the molecule is CCC1(F)C=CC=CC1C(O)c1ccccc1. The van der Waals surface area contributed by atoms with Crippen LogP contribution >= 0.6 is 0 Å². The fraction of sp³-hybridized carbons (Fsp3) is 0.333. The van der Waals surface area contributed by atoms with Crippen molar-refractivity contribution < 1.29 is 9.50 Å². The van der Waals surface area contributed by atoms with Crippen molar-refractivity contribution in [3.05, 3.63) is 60.2 Å². The lowest BCUT2D eigenvalue weighted by atomic mass is 9.78. The summed E-state index contributed by atoms with van der Waals surface area (Å²) in [6, 6.07) is 9.24. The summed E-state index contributed by atoms with van der Waals surface area (Å²) in [6.07, 6.45) is 6.36. The van der Waals surface area contributed by atoms with E-state index in [4.69, 9.17) is 0 Å². The highest BCUT2D eigenvalue weighted by atomic mass is 19.1. The third-order valence-corrected chi connectivity index (χ3v) is 3.38. The van der Waals surface area contributed by atoms with E-state index in [1.807, 2.05) is 30.3 Å². The lowest BCUT2D eigenvalue weighted by Gasteiger charge is -2.33. The molecule has 0 bridgehead atoms. The molecule has 0 fully saturated rings. The minimum atomic E-state index is -1.45. The molecule has 0 radical (unpaired) electrons. The Morgan fingerprint density at radius 1 is 1.29 bits per heavy atom. The monoisotopic (exact) mass is 232 g/mol. The summed E-state index contributed by atoms with van der Waals surface area (Å²) < 4.78 is 14.6. The summed E-state index contributed by atoms with van der Waals surface area (Å²) in [6.45, 7) is 1.80. The smallest absolute Gasteiger partial charge is 0.138 e. The normalized spacial score (nSPS) is 29.2. The second kappa shape index (κ2) is 4.84. The Morgan fingerprint density at radius 3 is 2.65 bits per heavy atom. The van der Waals surface area contributed by atoms with Crippen molar-refractivity contribution in [2.45, 2.75) is 25.1 Å². The summed E-state index contributed by atoms with van der Waals surface area (Å²) in [4.78, 5) is 0. The molecule has 0 spiro atoms. The number of rotatable bonds is 3. The van der Waals surface area contributed by atoms with Gasteiger partial charge in [-0.15, -0.1) is 0 Å². The van der Waals surface area contributed by atoms with E-state index in [1.54, 1.807) is 31.2 Å². The van der Waals surface area contributed by atoms with Crippen molar-refractivity contribution in [2.24, 2.45) is 5.92 Å². The molecular weight excluding hydrogens is 215 g/mol. The number of benzene rings is 1. The van der Waals surface area contributed by atoms with E-state index in [0.717, 1.165) is 5.56 Å². The molecule has 3 unspecified atom stereocenters. The van der Waals surface area contributed by atoms with Crippen LogP contribution in [-0.4, -0.2) is 10.8 Å². The molecule has 0 saturated carbocycles. The average Bonchev–Trinajstić information content (AvgIpc) is 2.39. The third kappa shape index (κ3) is 2.32. The lowest BCUT2D eigenvalue weighted by Crippen LogP contribution is -2.34. The molecule has 0 amide bonds. The van der Waals surface area contributed by atoms with E-state index in [0.29, 0.717) is 6.42 Å². The number of hydrogen-bond donors (Lipinski definition) is 1. The molecule has 90 valence electrons. The Morgan fingerprint density at radius 2 is 2.00 bits per heavy atom. The van der Waals surface area contributed by atoms with Gasteiger partial charge in [-0.25, -0.2) is 4.39 Å². The minimum absolute atomic E-state index is 0.363. The number of aliphatic hydroxyl groups is 1. The van der Waals surface area contributed by atoms with E-state index in [9.17, 15) is 9.50 Å². The first-order valence-corrected chi connectivity index (χ1v) is 5.95. The highest BCUT2D eigenvalue weighted by molar-refractivity contribution is 5.27. The van der Waals surface area contributed by atoms with Crippen LogP contribution in [0.3, 0.4) is 0 Å². The molecule has 1 aliphatic carbocycles. The average molecular weight is 232 g/mol. The quantitative estimate of drug-likeness (QED) is 0.844. The molecule has 0 saturated heterocycles. The largest absolute Gasteiger partial charge is 0.388 e. The fourth-order valence-electron chi connectivity index (χ4n) is 2.25. The maximum absolute atomic E-state index is 14.6. The Labute approximate surface area is 101 Å². The second-order valence-electron chi connectivity index (χ2n) is 4.41. The Hall–Kier alpha value is -1.41. The van der Waals surface area contributed by atoms with Crippen molar-refractivity contribution in [1.82, 2.24) is 0 Å². The summed E-state index contributed by atoms with van der Waals surface area (Å²) in [5, 5.41) is 10.3. The highest BCUT2D eigenvalue weighted by Crippen LogP contribution is 2.39. The zero-order valence-corrected chi connectivity index (χ0v) is 9.88. The standard InChI is InChI=1S/C15H17FO/c1-2-15(16)11-7-6-10-13(15)14(17)12-8-4-3-5-9-12/h3-11,13-14,17H,2H2,1H3. The fourth-order valence-corrected chi connectivity index (χ4v) is 2.25. The summed E-state index contributed by atoms with van der Waals surface area (Å²) in [7, 11) is 0. The van der Waals surface area contributed by atoms with Crippen LogP contribution in [0, 0.1) is 5.92 Å². The van der Waals surface area contributed by atoms with Gasteiger partial charge in [0.1, 0.15) is 5.67 Å². The van der Waals surface area contributed by atoms with Crippen molar-refractivity contribution in [1.29, 1.82) is 0 Å². The van der Waals surface area contributed by atoms with Crippen LogP contribution in [0.1, 0.15) is 25.0 Å². The van der Waals surface area contributed by atoms with Crippen LogP contribution in [0.5, 0.6) is 0 Å². The van der Waals surface area contributed by atoms with Crippen LogP contribution in [0.15, 0.2) is 54.6 Å². The maximum Gasteiger partial charge on any atom is 0.138 e. The summed E-state index contributed by atoms with van der Waals surface area (Å²) in [5.74, 6) is -0.514. The van der Waals surface area contributed by atoms with Crippen molar-refractivity contribution in [3.63, 3.8) is 0 Å². The van der Waals surface area contributed by atoms with E-state index in [1.165, 1.54) is 0 Å². The molecule has 2 rings (SSSR count). The molecule has 1 aromatic carbocycles. The molecule has 0 heterocycles. The minimum Gasteiger partial charge on any atom is -0.388 e. The Kier molecular flexibility index (Phi) is 3.43. The topological polar surface area (TPSA) is 20.2 Å².